The van der Waals surface area contributed by atoms with Gasteiger partial charge in [0.15, 0.2) is 0 Å². The number of unbranched alkanes of at least 4 members (excludes halogenated alkanes) is 1. The number of anilines is 1. The maximum absolute atomic E-state index is 14.6. The number of carbonyl (C=O) groups is 1. The van der Waals surface area contributed by atoms with Crippen LogP contribution >= 0.6 is 0 Å². The van der Waals surface area contributed by atoms with E-state index >= 15 is 0 Å². The number of aromatic amines is 2. The molecule has 3 aromatic heterocycles. The van der Waals surface area contributed by atoms with E-state index < -0.39 is 15.8 Å². The van der Waals surface area contributed by atoms with Gasteiger partial charge < -0.3 is 10.3 Å². The molecule has 44 heavy (non-hydrogen) atoms. The van der Waals surface area contributed by atoms with Gasteiger partial charge in [0.1, 0.15) is 11.5 Å². The predicted octanol–water partition coefficient (Wildman–Crippen LogP) is 6.76. The zero-order chi connectivity index (χ0) is 30.8. The molecule has 1 amide bonds. The third-order valence-electron chi connectivity index (χ3n) is 7.40. The molecule has 0 aliphatic carbocycles. The van der Waals surface area contributed by atoms with Crippen LogP contribution in [0.25, 0.3) is 55.4 Å². The van der Waals surface area contributed by atoms with E-state index in [0.29, 0.717) is 23.2 Å². The summed E-state index contributed by atoms with van der Waals surface area (Å²) in [6, 6.07) is 20.2. The number of halogens is 1. The number of hydrogen-bond donors (Lipinski definition) is 4. The van der Waals surface area contributed by atoms with E-state index in [-0.39, 0.29) is 12.5 Å². The minimum Gasteiger partial charge on any atom is -0.353 e. The van der Waals surface area contributed by atoms with E-state index in [2.05, 4.69) is 30.2 Å². The van der Waals surface area contributed by atoms with Gasteiger partial charge in [-0.15, -0.1) is 0 Å². The van der Waals surface area contributed by atoms with E-state index in [9.17, 15) is 17.6 Å². The molecule has 6 aromatic rings. The van der Waals surface area contributed by atoms with E-state index in [1.807, 2.05) is 55.5 Å². The number of aromatic nitrogens is 4. The molecule has 11 heteroatoms. The smallest absolute Gasteiger partial charge is 0.224 e. The Hall–Kier alpha value is -4.87. The molecule has 224 valence electrons. The number of rotatable bonds is 10. The van der Waals surface area contributed by atoms with Crippen molar-refractivity contribution in [3.8, 4) is 33.6 Å². The second kappa shape index (κ2) is 12.0. The average Bonchev–Trinajstić information content (AvgIpc) is 3.62. The van der Waals surface area contributed by atoms with E-state index in [1.165, 1.54) is 12.1 Å². The van der Waals surface area contributed by atoms with Gasteiger partial charge in [0, 0.05) is 41.0 Å². The van der Waals surface area contributed by atoms with Gasteiger partial charge in [-0.3, -0.25) is 14.9 Å². The van der Waals surface area contributed by atoms with Gasteiger partial charge in [-0.1, -0.05) is 31.5 Å². The number of pyridine rings is 1. The number of sulfonamides is 1. The summed E-state index contributed by atoms with van der Waals surface area (Å²) in [5.41, 5.74) is 7.58. The van der Waals surface area contributed by atoms with Crippen molar-refractivity contribution in [3.05, 3.63) is 90.5 Å². The molecule has 4 N–H and O–H groups in total. The lowest BCUT2D eigenvalue weighted by atomic mass is 9.99. The normalized spacial score (nSPS) is 11.8. The number of nitrogens with zero attached hydrogens (tertiary/aromatic N) is 2. The summed E-state index contributed by atoms with van der Waals surface area (Å²) in [6.07, 6.45) is 6.73. The van der Waals surface area contributed by atoms with Crippen LogP contribution in [-0.2, 0) is 21.4 Å². The maximum Gasteiger partial charge on any atom is 0.224 e. The number of benzene rings is 3. The lowest BCUT2D eigenvalue weighted by molar-refractivity contribution is -0.116. The SMILES string of the molecule is CCCCC(=O)Nc1cncc(-c2ccc3[nH]nc(-c4cc5c(-c6cc(F)cc(CNS(C)(=O)=O)c6)cccc5[nH]4)c3c2)c1. The van der Waals surface area contributed by atoms with Crippen LogP contribution in [0.15, 0.2) is 79.1 Å². The molecule has 0 bridgehead atoms. The highest BCUT2D eigenvalue weighted by molar-refractivity contribution is 7.88. The summed E-state index contributed by atoms with van der Waals surface area (Å²) in [5, 5.41) is 12.4. The van der Waals surface area contributed by atoms with Crippen molar-refractivity contribution >= 4 is 43.4 Å². The Morgan fingerprint density at radius 3 is 2.61 bits per heavy atom. The lowest BCUT2D eigenvalue weighted by Gasteiger charge is -2.08. The van der Waals surface area contributed by atoms with Crippen LogP contribution in [-0.4, -0.2) is 40.7 Å². The van der Waals surface area contributed by atoms with E-state index in [0.717, 1.165) is 69.0 Å². The molecule has 0 spiro atoms. The molecule has 0 atom stereocenters. The molecule has 0 aliphatic rings. The standard InChI is InChI=1S/C33H31FN6O3S/c1-3-4-8-32(41)37-25-14-23(18-35-19-25)21-9-10-30-28(15-21)33(40-39-30)31-16-27-26(6-5-7-29(27)38-31)22-11-20(12-24(34)13-22)17-36-44(2,42)43/h5-7,9-16,18-19,36,38H,3-4,8,17H2,1-2H3,(H,37,41)(H,39,40). The fourth-order valence-electron chi connectivity index (χ4n) is 5.28. The molecule has 6 rings (SSSR count). The van der Waals surface area contributed by atoms with Crippen molar-refractivity contribution in [1.82, 2.24) is 24.9 Å². The fraction of sp³-hybridized carbons (Fsp3) is 0.182. The number of H-pyrrole nitrogens is 2. The van der Waals surface area contributed by atoms with E-state index in [4.69, 9.17) is 0 Å². The van der Waals surface area contributed by atoms with Gasteiger partial charge in [-0.2, -0.15) is 5.10 Å². The van der Waals surface area contributed by atoms with Crippen LogP contribution < -0.4 is 10.0 Å². The molecule has 0 saturated heterocycles. The Labute approximate surface area is 254 Å². The zero-order valence-electron chi connectivity index (χ0n) is 24.2. The maximum atomic E-state index is 14.6. The summed E-state index contributed by atoms with van der Waals surface area (Å²) in [5.74, 6) is -0.484. The van der Waals surface area contributed by atoms with Crippen molar-refractivity contribution in [2.45, 2.75) is 32.7 Å². The van der Waals surface area contributed by atoms with Crippen LogP contribution in [0, 0.1) is 5.82 Å². The summed E-state index contributed by atoms with van der Waals surface area (Å²) >= 11 is 0. The third kappa shape index (κ3) is 6.38. The topological polar surface area (TPSA) is 133 Å². The Balaban J connectivity index is 1.35. The van der Waals surface area contributed by atoms with Crippen LogP contribution in [0.1, 0.15) is 31.7 Å². The molecular weight excluding hydrogens is 579 g/mol. The quantitative estimate of drug-likeness (QED) is 0.136. The van der Waals surface area contributed by atoms with Gasteiger partial charge in [0.25, 0.3) is 0 Å². The van der Waals surface area contributed by atoms with E-state index in [1.54, 1.807) is 18.5 Å². The molecule has 0 aliphatic heterocycles. The first kappa shape index (κ1) is 29.2. The minimum absolute atomic E-state index is 0.0107. The van der Waals surface area contributed by atoms with Gasteiger partial charge in [0.05, 0.1) is 29.4 Å². The third-order valence-corrected chi connectivity index (χ3v) is 8.07. The van der Waals surface area contributed by atoms with Gasteiger partial charge in [0.2, 0.25) is 15.9 Å². The monoisotopic (exact) mass is 610 g/mol. The molecular formula is C33H31FN6O3S. The first-order chi connectivity index (χ1) is 21.2. The van der Waals surface area contributed by atoms with Crippen molar-refractivity contribution in [2.75, 3.05) is 11.6 Å². The molecule has 0 unspecified atom stereocenters. The van der Waals surface area contributed by atoms with Crippen LogP contribution in [0.3, 0.4) is 0 Å². The Kier molecular flexibility index (Phi) is 7.98. The summed E-state index contributed by atoms with van der Waals surface area (Å²) in [4.78, 5) is 20.0. The highest BCUT2D eigenvalue weighted by Gasteiger charge is 2.16. The highest BCUT2D eigenvalue weighted by Crippen LogP contribution is 2.36. The summed E-state index contributed by atoms with van der Waals surface area (Å²) < 4.78 is 40.2. The van der Waals surface area contributed by atoms with Crippen molar-refractivity contribution in [1.29, 1.82) is 0 Å². The zero-order valence-corrected chi connectivity index (χ0v) is 25.1. The predicted molar refractivity (Wildman–Crippen MR) is 172 cm³/mol. The van der Waals surface area contributed by atoms with Gasteiger partial charge >= 0.3 is 0 Å². The van der Waals surface area contributed by atoms with Crippen molar-refractivity contribution < 1.29 is 17.6 Å². The first-order valence-corrected chi connectivity index (χ1v) is 16.2. The molecule has 0 saturated carbocycles. The molecule has 3 aromatic carbocycles. The van der Waals surface area contributed by atoms with Crippen LogP contribution in [0.4, 0.5) is 10.1 Å². The summed E-state index contributed by atoms with van der Waals surface area (Å²) in [7, 11) is -3.43. The Bertz CT molecular complexity index is 2120. The molecule has 0 fully saturated rings. The van der Waals surface area contributed by atoms with Crippen molar-refractivity contribution in [2.24, 2.45) is 0 Å². The van der Waals surface area contributed by atoms with Crippen LogP contribution in [0.5, 0.6) is 0 Å². The Morgan fingerprint density at radius 2 is 1.80 bits per heavy atom. The first-order valence-electron chi connectivity index (χ1n) is 14.3. The van der Waals surface area contributed by atoms with Gasteiger partial charge in [-0.05, 0) is 77.2 Å². The lowest BCUT2D eigenvalue weighted by Crippen LogP contribution is -2.21. The number of fused-ring (bicyclic) bond motifs is 2. The second-order valence-corrected chi connectivity index (χ2v) is 12.7. The Morgan fingerprint density at radius 1 is 0.932 bits per heavy atom. The number of carbonyl (C=O) groups excluding carboxylic acids is 1. The number of hydrogen-bond acceptors (Lipinski definition) is 5. The highest BCUT2D eigenvalue weighted by atomic mass is 32.2. The van der Waals surface area contributed by atoms with Crippen molar-refractivity contribution in [3.63, 3.8) is 0 Å². The molecule has 0 radical (unpaired) electrons. The average molecular weight is 611 g/mol. The number of amides is 1. The number of nitrogens with one attached hydrogen (secondary N) is 4. The second-order valence-electron chi connectivity index (χ2n) is 10.8. The fourth-order valence-corrected chi connectivity index (χ4v) is 5.71. The summed E-state index contributed by atoms with van der Waals surface area (Å²) in [6.45, 7) is 2.04. The van der Waals surface area contributed by atoms with Gasteiger partial charge in [-0.25, -0.2) is 17.5 Å². The van der Waals surface area contributed by atoms with Crippen LogP contribution in [0.2, 0.25) is 0 Å². The molecule has 3 heterocycles. The molecule has 9 nitrogen and oxygen atoms in total. The minimum atomic E-state index is -3.43. The largest absolute Gasteiger partial charge is 0.353 e.